The lowest BCUT2D eigenvalue weighted by Crippen LogP contribution is -2.44. The molecule has 1 aliphatic rings. The number of rotatable bonds is 5. The van der Waals surface area contributed by atoms with Gasteiger partial charge in [0.15, 0.2) is 0 Å². The van der Waals surface area contributed by atoms with Crippen molar-refractivity contribution in [1.82, 2.24) is 9.88 Å². The minimum Gasteiger partial charge on any atom is -0.496 e. The third-order valence-corrected chi connectivity index (χ3v) is 5.21. The number of nitrogens with one attached hydrogen (secondary N) is 1. The maximum absolute atomic E-state index is 12.6. The topological polar surface area (TPSA) is 57.7 Å². The second kappa shape index (κ2) is 8.42. The fraction of sp³-hybridized carbons (Fsp3) is 0.368. The highest BCUT2D eigenvalue weighted by Gasteiger charge is 2.16. The lowest BCUT2D eigenvalue weighted by molar-refractivity contribution is 0.102. The van der Waals surface area contributed by atoms with Gasteiger partial charge in [-0.15, -0.1) is 11.8 Å². The molecule has 1 N–H and O–H groups in total. The molecule has 2 aromatic rings. The number of benzene rings is 1. The number of amides is 1. The van der Waals surface area contributed by atoms with Crippen LogP contribution in [0.5, 0.6) is 5.75 Å². The van der Waals surface area contributed by atoms with Crippen LogP contribution in [0.4, 0.5) is 11.5 Å². The standard InChI is InChI=1S/C19H24N4O2S/c1-22-8-10-23(11-9-22)18-7-4-14(13-20-18)21-19(24)16-6-5-15(26-3)12-17(16)25-2/h4-7,12-13H,8-11H2,1-3H3,(H,21,24). The number of carbonyl (C=O) groups excluding carboxylic acids is 1. The predicted octanol–water partition coefficient (Wildman–Crippen LogP) is 2.82. The Bertz CT molecular complexity index is 759. The molecular weight excluding hydrogens is 348 g/mol. The molecule has 1 aromatic carbocycles. The molecular formula is C19H24N4O2S. The molecule has 1 aliphatic heterocycles. The Labute approximate surface area is 158 Å². The van der Waals surface area contributed by atoms with Crippen molar-refractivity contribution < 1.29 is 9.53 Å². The van der Waals surface area contributed by atoms with Crippen molar-refractivity contribution in [2.24, 2.45) is 0 Å². The van der Waals surface area contributed by atoms with Crippen LogP contribution in [0.15, 0.2) is 41.4 Å². The number of hydrogen-bond donors (Lipinski definition) is 1. The van der Waals surface area contributed by atoms with Crippen molar-refractivity contribution in [3.8, 4) is 5.75 Å². The number of carbonyl (C=O) groups is 1. The second-order valence-electron chi connectivity index (χ2n) is 6.22. The fourth-order valence-electron chi connectivity index (χ4n) is 2.87. The van der Waals surface area contributed by atoms with Gasteiger partial charge in [0, 0.05) is 31.1 Å². The predicted molar refractivity (Wildman–Crippen MR) is 107 cm³/mol. The van der Waals surface area contributed by atoms with Crippen LogP contribution < -0.4 is 15.0 Å². The van der Waals surface area contributed by atoms with Gasteiger partial charge in [0.2, 0.25) is 0 Å². The maximum atomic E-state index is 12.6. The molecule has 6 nitrogen and oxygen atoms in total. The molecule has 1 amide bonds. The number of likely N-dealkylation sites (N-methyl/N-ethyl adjacent to an activating group) is 1. The van der Waals surface area contributed by atoms with E-state index in [1.165, 1.54) is 0 Å². The van der Waals surface area contributed by atoms with Gasteiger partial charge in [-0.05, 0) is 43.6 Å². The number of anilines is 2. The summed E-state index contributed by atoms with van der Waals surface area (Å²) in [6.07, 6.45) is 3.69. The van der Waals surface area contributed by atoms with E-state index in [4.69, 9.17) is 4.74 Å². The van der Waals surface area contributed by atoms with Gasteiger partial charge in [-0.1, -0.05) is 0 Å². The summed E-state index contributed by atoms with van der Waals surface area (Å²) in [5, 5.41) is 2.89. The number of nitrogens with zero attached hydrogens (tertiary/aromatic N) is 3. The minimum absolute atomic E-state index is 0.205. The van der Waals surface area contributed by atoms with Crippen LogP contribution in [-0.4, -0.2) is 62.4 Å². The van der Waals surface area contributed by atoms with E-state index in [2.05, 4.69) is 27.1 Å². The van der Waals surface area contributed by atoms with E-state index in [0.717, 1.165) is 36.9 Å². The number of aromatic nitrogens is 1. The zero-order valence-corrected chi connectivity index (χ0v) is 16.2. The molecule has 0 bridgehead atoms. The Hall–Kier alpha value is -2.25. The third kappa shape index (κ3) is 4.28. The molecule has 0 aliphatic carbocycles. The smallest absolute Gasteiger partial charge is 0.259 e. The van der Waals surface area contributed by atoms with Gasteiger partial charge in [0.05, 0.1) is 24.6 Å². The van der Waals surface area contributed by atoms with E-state index in [0.29, 0.717) is 17.0 Å². The van der Waals surface area contributed by atoms with Crippen LogP contribution in [-0.2, 0) is 0 Å². The van der Waals surface area contributed by atoms with Crippen LogP contribution in [0.3, 0.4) is 0 Å². The number of thioether (sulfide) groups is 1. The van der Waals surface area contributed by atoms with E-state index in [1.54, 1.807) is 31.1 Å². The summed E-state index contributed by atoms with van der Waals surface area (Å²) in [6.45, 7) is 4.00. The van der Waals surface area contributed by atoms with Gasteiger partial charge in [-0.3, -0.25) is 4.79 Å². The summed E-state index contributed by atoms with van der Waals surface area (Å²) < 4.78 is 5.35. The first-order valence-corrected chi connectivity index (χ1v) is 9.76. The molecule has 0 saturated carbocycles. The summed E-state index contributed by atoms with van der Waals surface area (Å²) in [6, 6.07) is 9.41. The molecule has 0 unspecified atom stereocenters. The molecule has 3 rings (SSSR count). The fourth-order valence-corrected chi connectivity index (χ4v) is 3.30. The van der Waals surface area contributed by atoms with Gasteiger partial charge < -0.3 is 19.9 Å². The molecule has 0 radical (unpaired) electrons. The highest BCUT2D eigenvalue weighted by Crippen LogP contribution is 2.26. The molecule has 7 heteroatoms. The number of ether oxygens (including phenoxy) is 1. The average molecular weight is 372 g/mol. The first-order valence-electron chi connectivity index (χ1n) is 8.53. The van der Waals surface area contributed by atoms with Crippen LogP contribution in [0.1, 0.15) is 10.4 Å². The number of methoxy groups -OCH3 is 1. The van der Waals surface area contributed by atoms with Crippen molar-refractivity contribution in [1.29, 1.82) is 0 Å². The van der Waals surface area contributed by atoms with E-state index in [9.17, 15) is 4.79 Å². The molecule has 138 valence electrons. The first-order chi connectivity index (χ1) is 12.6. The molecule has 1 saturated heterocycles. The van der Waals surface area contributed by atoms with Crippen molar-refractivity contribution in [2.75, 3.05) is 56.8 Å². The van der Waals surface area contributed by atoms with Gasteiger partial charge in [-0.25, -0.2) is 4.98 Å². The molecule has 1 aromatic heterocycles. The van der Waals surface area contributed by atoms with E-state index < -0.39 is 0 Å². The van der Waals surface area contributed by atoms with E-state index >= 15 is 0 Å². The van der Waals surface area contributed by atoms with Gasteiger partial charge in [0.1, 0.15) is 11.6 Å². The number of hydrogen-bond acceptors (Lipinski definition) is 6. The minimum atomic E-state index is -0.205. The molecule has 1 fully saturated rings. The summed E-state index contributed by atoms with van der Waals surface area (Å²) in [7, 11) is 3.70. The zero-order valence-electron chi connectivity index (χ0n) is 15.4. The molecule has 0 spiro atoms. The van der Waals surface area contributed by atoms with Crippen LogP contribution in [0.25, 0.3) is 0 Å². The summed E-state index contributed by atoms with van der Waals surface area (Å²) >= 11 is 1.61. The third-order valence-electron chi connectivity index (χ3n) is 4.49. The second-order valence-corrected chi connectivity index (χ2v) is 7.10. The zero-order chi connectivity index (χ0) is 18.5. The Balaban J connectivity index is 1.68. The average Bonchev–Trinajstić information content (AvgIpc) is 2.68. The first kappa shape index (κ1) is 18.5. The van der Waals surface area contributed by atoms with Gasteiger partial charge in [-0.2, -0.15) is 0 Å². The largest absolute Gasteiger partial charge is 0.496 e. The molecule has 0 atom stereocenters. The summed E-state index contributed by atoms with van der Waals surface area (Å²) in [4.78, 5) is 22.7. The van der Waals surface area contributed by atoms with Crippen molar-refractivity contribution in [3.05, 3.63) is 42.1 Å². The van der Waals surface area contributed by atoms with Crippen LogP contribution in [0, 0.1) is 0 Å². The van der Waals surface area contributed by atoms with Gasteiger partial charge >= 0.3 is 0 Å². The Morgan fingerprint density at radius 3 is 2.58 bits per heavy atom. The van der Waals surface area contributed by atoms with Crippen LogP contribution in [0.2, 0.25) is 0 Å². The Morgan fingerprint density at radius 2 is 1.96 bits per heavy atom. The summed E-state index contributed by atoms with van der Waals surface area (Å²) in [5.41, 5.74) is 1.18. The van der Waals surface area contributed by atoms with Crippen LogP contribution >= 0.6 is 11.8 Å². The van der Waals surface area contributed by atoms with E-state index in [1.807, 2.05) is 30.5 Å². The Kier molecular flexibility index (Phi) is 6.00. The van der Waals surface area contributed by atoms with Crippen molar-refractivity contribution in [2.45, 2.75) is 4.90 Å². The van der Waals surface area contributed by atoms with E-state index in [-0.39, 0.29) is 5.91 Å². The maximum Gasteiger partial charge on any atom is 0.259 e. The molecule has 26 heavy (non-hydrogen) atoms. The monoisotopic (exact) mass is 372 g/mol. The molecule has 2 heterocycles. The quantitative estimate of drug-likeness (QED) is 0.815. The number of piperazine rings is 1. The van der Waals surface area contributed by atoms with Gasteiger partial charge in [0.25, 0.3) is 5.91 Å². The SMILES string of the molecule is COc1cc(SC)ccc1C(=O)Nc1ccc(N2CCN(C)CC2)nc1. The normalized spacial score (nSPS) is 15.0. The van der Waals surface area contributed by atoms with Crippen molar-refractivity contribution in [3.63, 3.8) is 0 Å². The Morgan fingerprint density at radius 1 is 1.19 bits per heavy atom. The highest BCUT2D eigenvalue weighted by atomic mass is 32.2. The lowest BCUT2D eigenvalue weighted by Gasteiger charge is -2.33. The lowest BCUT2D eigenvalue weighted by atomic mass is 10.2. The highest BCUT2D eigenvalue weighted by molar-refractivity contribution is 7.98. The summed E-state index contributed by atoms with van der Waals surface area (Å²) in [5.74, 6) is 1.30. The van der Waals surface area contributed by atoms with Crippen molar-refractivity contribution >= 4 is 29.2 Å². The number of pyridine rings is 1.